The fraction of sp³-hybridized carbons (Fsp3) is 0.333. The van der Waals surface area contributed by atoms with E-state index in [4.69, 9.17) is 4.74 Å². The molecule has 1 heterocycles. The average molecular weight is 289 g/mol. The third-order valence-electron chi connectivity index (χ3n) is 2.68. The molecular formula is C15H19N3OS. The summed E-state index contributed by atoms with van der Waals surface area (Å²) in [6, 6.07) is 9.94. The highest BCUT2D eigenvalue weighted by molar-refractivity contribution is 7.98. The molecule has 0 fully saturated rings. The van der Waals surface area contributed by atoms with Crippen molar-refractivity contribution in [2.24, 2.45) is 0 Å². The second-order valence-corrected chi connectivity index (χ2v) is 5.30. The predicted octanol–water partition coefficient (Wildman–Crippen LogP) is 3.52. The molecule has 0 aliphatic carbocycles. The Bertz CT molecular complexity index is 575. The van der Waals surface area contributed by atoms with Crippen LogP contribution in [-0.2, 0) is 5.75 Å². The van der Waals surface area contributed by atoms with Crippen molar-refractivity contribution in [3.63, 3.8) is 0 Å². The normalized spacial score (nSPS) is 10.3. The van der Waals surface area contributed by atoms with Crippen LogP contribution in [-0.4, -0.2) is 23.6 Å². The average Bonchev–Trinajstić information content (AvgIpc) is 2.45. The lowest BCUT2D eigenvalue weighted by Gasteiger charge is -2.09. The minimum Gasteiger partial charge on any atom is -0.496 e. The van der Waals surface area contributed by atoms with Crippen LogP contribution in [0.25, 0.3) is 0 Å². The number of para-hydroxylation sites is 1. The molecule has 0 saturated heterocycles. The molecule has 1 N–H and O–H groups in total. The first-order valence-electron chi connectivity index (χ1n) is 6.57. The van der Waals surface area contributed by atoms with Gasteiger partial charge < -0.3 is 10.1 Å². The van der Waals surface area contributed by atoms with E-state index in [9.17, 15) is 0 Å². The van der Waals surface area contributed by atoms with Gasteiger partial charge >= 0.3 is 0 Å². The van der Waals surface area contributed by atoms with Gasteiger partial charge in [-0.1, -0.05) is 12.1 Å². The summed E-state index contributed by atoms with van der Waals surface area (Å²) in [5.41, 5.74) is 0.978. The van der Waals surface area contributed by atoms with E-state index in [-0.39, 0.29) is 0 Å². The van der Waals surface area contributed by atoms with Crippen molar-refractivity contribution in [3.8, 4) is 5.75 Å². The Labute approximate surface area is 124 Å². The minimum absolute atomic E-state index is 0.723. The summed E-state index contributed by atoms with van der Waals surface area (Å²) >= 11 is 1.68. The van der Waals surface area contributed by atoms with Gasteiger partial charge in [-0.15, -0.1) is 11.8 Å². The highest BCUT2D eigenvalue weighted by Crippen LogP contribution is 2.30. The smallest absolute Gasteiger partial charge is 0.141 e. The van der Waals surface area contributed by atoms with Crippen molar-refractivity contribution < 1.29 is 4.74 Å². The van der Waals surface area contributed by atoms with Gasteiger partial charge in [0.15, 0.2) is 0 Å². The molecule has 20 heavy (non-hydrogen) atoms. The molecule has 0 aliphatic rings. The molecule has 2 rings (SSSR count). The molecule has 0 saturated carbocycles. The van der Waals surface area contributed by atoms with Crippen molar-refractivity contribution in [1.82, 2.24) is 9.97 Å². The quantitative estimate of drug-likeness (QED) is 0.824. The van der Waals surface area contributed by atoms with E-state index in [1.54, 1.807) is 18.9 Å². The van der Waals surface area contributed by atoms with Crippen LogP contribution in [0.15, 0.2) is 35.2 Å². The van der Waals surface area contributed by atoms with Crippen LogP contribution < -0.4 is 10.1 Å². The topological polar surface area (TPSA) is 47.0 Å². The lowest BCUT2D eigenvalue weighted by molar-refractivity contribution is 0.405. The second kappa shape index (κ2) is 7.14. The standard InChI is InChI=1S/C15H19N3OS/c1-4-16-14-9-11(2)17-15(18-14)10-20-13-8-6-5-7-12(13)19-3/h5-9H,4,10H2,1-3H3,(H,16,17,18). The Morgan fingerprint density at radius 3 is 2.80 bits per heavy atom. The van der Waals surface area contributed by atoms with E-state index in [0.717, 1.165) is 40.3 Å². The lowest BCUT2D eigenvalue weighted by atomic mass is 10.3. The molecule has 4 nitrogen and oxygen atoms in total. The summed E-state index contributed by atoms with van der Waals surface area (Å²) < 4.78 is 5.35. The lowest BCUT2D eigenvalue weighted by Crippen LogP contribution is -2.04. The van der Waals surface area contributed by atoms with E-state index in [2.05, 4.69) is 22.2 Å². The van der Waals surface area contributed by atoms with Crippen LogP contribution in [0.2, 0.25) is 0 Å². The number of nitrogens with one attached hydrogen (secondary N) is 1. The summed E-state index contributed by atoms with van der Waals surface area (Å²) in [6.07, 6.45) is 0. The van der Waals surface area contributed by atoms with Crippen molar-refractivity contribution in [2.45, 2.75) is 24.5 Å². The van der Waals surface area contributed by atoms with Gasteiger partial charge in [0.25, 0.3) is 0 Å². The van der Waals surface area contributed by atoms with Gasteiger partial charge in [-0.05, 0) is 26.0 Å². The number of benzene rings is 1. The number of thioether (sulfide) groups is 1. The summed E-state index contributed by atoms with van der Waals surface area (Å²) in [7, 11) is 1.69. The van der Waals surface area contributed by atoms with Crippen molar-refractivity contribution >= 4 is 17.6 Å². The maximum absolute atomic E-state index is 5.35. The number of hydrogen-bond donors (Lipinski definition) is 1. The molecule has 1 aromatic heterocycles. The maximum Gasteiger partial charge on any atom is 0.141 e. The van der Waals surface area contributed by atoms with Gasteiger partial charge in [0.2, 0.25) is 0 Å². The zero-order chi connectivity index (χ0) is 14.4. The molecule has 2 aromatic rings. The van der Waals surface area contributed by atoms with Crippen molar-refractivity contribution in [1.29, 1.82) is 0 Å². The number of aryl methyl sites for hydroxylation is 1. The second-order valence-electron chi connectivity index (χ2n) is 4.28. The van der Waals surface area contributed by atoms with E-state index < -0.39 is 0 Å². The molecule has 5 heteroatoms. The molecule has 0 unspecified atom stereocenters. The molecule has 0 atom stereocenters. The summed E-state index contributed by atoms with van der Waals surface area (Å²) in [5, 5.41) is 3.22. The third kappa shape index (κ3) is 3.87. The number of rotatable bonds is 6. The Kier molecular flexibility index (Phi) is 5.24. The largest absolute Gasteiger partial charge is 0.496 e. The Hall–Kier alpha value is -1.75. The van der Waals surface area contributed by atoms with Gasteiger partial charge in [0.1, 0.15) is 17.4 Å². The SMILES string of the molecule is CCNc1cc(C)nc(CSc2ccccc2OC)n1. The van der Waals surface area contributed by atoms with Crippen molar-refractivity contribution in [3.05, 3.63) is 41.9 Å². The Balaban J connectivity index is 2.10. The van der Waals surface area contributed by atoms with E-state index in [0.29, 0.717) is 0 Å². The zero-order valence-corrected chi connectivity index (χ0v) is 12.8. The number of hydrogen-bond acceptors (Lipinski definition) is 5. The predicted molar refractivity (Wildman–Crippen MR) is 83.5 cm³/mol. The molecule has 0 amide bonds. The van der Waals surface area contributed by atoms with Gasteiger partial charge in [0.05, 0.1) is 12.9 Å². The van der Waals surface area contributed by atoms with Gasteiger partial charge in [-0.2, -0.15) is 0 Å². The van der Waals surface area contributed by atoms with Gasteiger partial charge in [-0.25, -0.2) is 9.97 Å². The van der Waals surface area contributed by atoms with E-state index >= 15 is 0 Å². The van der Waals surface area contributed by atoms with Crippen molar-refractivity contribution in [2.75, 3.05) is 19.0 Å². The fourth-order valence-corrected chi connectivity index (χ4v) is 2.73. The first-order valence-corrected chi connectivity index (χ1v) is 7.55. The Morgan fingerprint density at radius 1 is 1.25 bits per heavy atom. The van der Waals surface area contributed by atoms with Crippen LogP contribution >= 0.6 is 11.8 Å². The first kappa shape index (κ1) is 14.7. The van der Waals surface area contributed by atoms with Crippen LogP contribution in [0.1, 0.15) is 18.4 Å². The van der Waals surface area contributed by atoms with E-state index in [1.807, 2.05) is 37.3 Å². The summed E-state index contributed by atoms with van der Waals surface area (Å²) in [6.45, 7) is 4.90. The maximum atomic E-state index is 5.35. The molecule has 0 bridgehead atoms. The molecular weight excluding hydrogens is 270 g/mol. The monoisotopic (exact) mass is 289 g/mol. The molecule has 0 spiro atoms. The highest BCUT2D eigenvalue weighted by Gasteiger charge is 2.06. The summed E-state index contributed by atoms with van der Waals surface area (Å²) in [4.78, 5) is 10.1. The molecule has 106 valence electrons. The van der Waals surface area contributed by atoms with Gasteiger partial charge in [-0.3, -0.25) is 0 Å². The van der Waals surface area contributed by atoms with Crippen LogP contribution in [0.4, 0.5) is 5.82 Å². The zero-order valence-electron chi connectivity index (χ0n) is 12.0. The molecule has 0 radical (unpaired) electrons. The van der Waals surface area contributed by atoms with E-state index in [1.165, 1.54) is 0 Å². The highest BCUT2D eigenvalue weighted by atomic mass is 32.2. The number of aromatic nitrogens is 2. The third-order valence-corrected chi connectivity index (χ3v) is 3.74. The van der Waals surface area contributed by atoms with Crippen LogP contribution in [0.5, 0.6) is 5.75 Å². The van der Waals surface area contributed by atoms with Crippen LogP contribution in [0.3, 0.4) is 0 Å². The minimum atomic E-state index is 0.723. The summed E-state index contributed by atoms with van der Waals surface area (Å²) in [5.74, 6) is 3.32. The number of ether oxygens (including phenoxy) is 1. The first-order chi connectivity index (χ1) is 9.72. The number of nitrogens with zero attached hydrogens (tertiary/aromatic N) is 2. The molecule has 0 aliphatic heterocycles. The molecule has 1 aromatic carbocycles. The fourth-order valence-electron chi connectivity index (χ4n) is 1.85. The number of methoxy groups -OCH3 is 1. The number of anilines is 1. The Morgan fingerprint density at radius 2 is 2.05 bits per heavy atom. The van der Waals surface area contributed by atoms with Gasteiger partial charge in [0, 0.05) is 23.2 Å². The van der Waals surface area contributed by atoms with Crippen LogP contribution in [0, 0.1) is 6.92 Å².